The fourth-order valence-electron chi connectivity index (χ4n) is 3.58. The highest BCUT2D eigenvalue weighted by Gasteiger charge is 2.13. The molecule has 2 aromatic heterocycles. The van der Waals surface area contributed by atoms with Crippen LogP contribution in [0.25, 0.3) is 12.2 Å². The van der Waals surface area contributed by atoms with Crippen molar-refractivity contribution in [2.45, 2.75) is 50.0 Å². The molecule has 0 aliphatic heterocycles. The van der Waals surface area contributed by atoms with Gasteiger partial charge in [0.15, 0.2) is 0 Å². The molecule has 0 bridgehead atoms. The van der Waals surface area contributed by atoms with E-state index in [1.165, 1.54) is 56.2 Å². The predicted octanol–water partition coefficient (Wildman–Crippen LogP) is 7.01. The van der Waals surface area contributed by atoms with Crippen LogP contribution in [0.5, 0.6) is 0 Å². The largest absolute Gasteiger partial charge is 0.351 e. The van der Waals surface area contributed by atoms with Gasteiger partial charge in [0.25, 0.3) is 0 Å². The van der Waals surface area contributed by atoms with E-state index in [9.17, 15) is 4.39 Å². The smallest absolute Gasteiger partial charge is 0.222 e. The van der Waals surface area contributed by atoms with E-state index >= 15 is 0 Å². The van der Waals surface area contributed by atoms with Crippen LogP contribution in [0.1, 0.15) is 48.9 Å². The van der Waals surface area contributed by atoms with Gasteiger partial charge in [-0.1, -0.05) is 43.0 Å². The van der Waals surface area contributed by atoms with Gasteiger partial charge in [-0.3, -0.25) is 0 Å². The second-order valence-corrected chi connectivity index (χ2v) is 9.06. The first-order valence-corrected chi connectivity index (χ1v) is 11.9. The van der Waals surface area contributed by atoms with E-state index in [1.54, 1.807) is 6.07 Å². The molecule has 0 spiro atoms. The van der Waals surface area contributed by atoms with Crippen LogP contribution in [0.2, 0.25) is 5.02 Å². The van der Waals surface area contributed by atoms with Crippen molar-refractivity contribution in [3.05, 3.63) is 70.4 Å². The number of pyridine rings is 1. The molecule has 1 aliphatic carbocycles. The van der Waals surface area contributed by atoms with Gasteiger partial charge in [0, 0.05) is 34.6 Å². The van der Waals surface area contributed by atoms with Gasteiger partial charge in [0.1, 0.15) is 11.6 Å². The number of hydrogen-bond donors (Lipinski definition) is 2. The zero-order valence-electron chi connectivity index (χ0n) is 17.8. The molecule has 2 N–H and O–H groups in total. The highest BCUT2D eigenvalue weighted by atomic mass is 35.5. The van der Waals surface area contributed by atoms with Gasteiger partial charge in [0.2, 0.25) is 5.95 Å². The minimum atomic E-state index is -0.356. The third kappa shape index (κ3) is 6.20. The van der Waals surface area contributed by atoms with E-state index in [1.807, 2.05) is 43.6 Å². The Morgan fingerprint density at radius 2 is 1.84 bits per heavy atom. The van der Waals surface area contributed by atoms with Gasteiger partial charge in [-0.25, -0.2) is 19.3 Å². The summed E-state index contributed by atoms with van der Waals surface area (Å²) in [5, 5.41) is 3.80. The Kier molecular flexibility index (Phi) is 7.60. The Morgan fingerprint density at radius 3 is 2.56 bits per heavy atom. The maximum absolute atomic E-state index is 13.2. The summed E-state index contributed by atoms with van der Waals surface area (Å²) in [4.78, 5) is 14.2. The molecule has 1 saturated carbocycles. The highest BCUT2D eigenvalue weighted by Crippen LogP contribution is 2.28. The number of anilines is 2. The second-order valence-electron chi connectivity index (χ2n) is 7.80. The van der Waals surface area contributed by atoms with Gasteiger partial charge in [-0.15, -0.1) is 0 Å². The molecule has 5 nitrogen and oxygen atoms in total. The molecule has 2 heterocycles. The minimum absolute atomic E-state index is 0.356. The highest BCUT2D eigenvalue weighted by molar-refractivity contribution is 8.00. The molecule has 0 atom stereocenters. The topological polar surface area (TPSA) is 62.7 Å². The van der Waals surface area contributed by atoms with Gasteiger partial charge in [0.05, 0.1) is 5.02 Å². The number of rotatable bonds is 7. The number of halogens is 2. The van der Waals surface area contributed by atoms with Crippen molar-refractivity contribution in [2.75, 3.05) is 10.0 Å². The third-order valence-corrected chi connectivity index (χ3v) is 6.66. The predicted molar refractivity (Wildman–Crippen MR) is 131 cm³/mol. The lowest BCUT2D eigenvalue weighted by atomic mass is 9.96. The van der Waals surface area contributed by atoms with Crippen LogP contribution in [0.3, 0.4) is 0 Å². The first-order valence-electron chi connectivity index (χ1n) is 10.7. The monoisotopic (exact) mass is 469 g/mol. The number of benzene rings is 1. The number of aryl methyl sites for hydroxylation is 1. The number of hydrogen-bond acceptors (Lipinski definition) is 6. The molecule has 4 rings (SSSR count). The number of nitrogens with zero attached hydrogens (tertiary/aromatic N) is 3. The minimum Gasteiger partial charge on any atom is -0.351 e. The van der Waals surface area contributed by atoms with E-state index in [4.69, 9.17) is 11.6 Å². The molecule has 1 aromatic carbocycles. The summed E-state index contributed by atoms with van der Waals surface area (Å²) in [6.45, 7) is 1.95. The van der Waals surface area contributed by atoms with Crippen molar-refractivity contribution in [1.82, 2.24) is 15.0 Å². The average molecular weight is 470 g/mol. The first kappa shape index (κ1) is 22.6. The van der Waals surface area contributed by atoms with Crippen molar-refractivity contribution in [3.8, 4) is 0 Å². The Hall–Kier alpha value is -2.64. The van der Waals surface area contributed by atoms with Crippen molar-refractivity contribution >= 4 is 47.5 Å². The molecule has 3 aromatic rings. The maximum Gasteiger partial charge on any atom is 0.222 e. The van der Waals surface area contributed by atoms with E-state index in [-0.39, 0.29) is 5.82 Å². The Morgan fingerprint density at radius 1 is 1.06 bits per heavy atom. The van der Waals surface area contributed by atoms with E-state index in [0.717, 1.165) is 21.7 Å². The van der Waals surface area contributed by atoms with Crippen LogP contribution < -0.4 is 10.0 Å². The molecule has 0 unspecified atom stereocenters. The fourth-order valence-corrected chi connectivity index (χ4v) is 4.49. The van der Waals surface area contributed by atoms with Crippen LogP contribution in [-0.4, -0.2) is 21.0 Å². The third-order valence-electron chi connectivity index (χ3n) is 5.35. The molecule has 32 heavy (non-hydrogen) atoms. The van der Waals surface area contributed by atoms with Crippen LogP contribution in [0.15, 0.2) is 47.6 Å². The van der Waals surface area contributed by atoms with Gasteiger partial charge in [-0.05, 0) is 67.6 Å². The summed E-state index contributed by atoms with van der Waals surface area (Å²) < 4.78 is 16.3. The molecule has 8 heteroatoms. The summed E-state index contributed by atoms with van der Waals surface area (Å²) in [7, 11) is 0. The Labute approximate surface area is 197 Å². The van der Waals surface area contributed by atoms with Crippen molar-refractivity contribution < 1.29 is 4.39 Å². The zero-order valence-corrected chi connectivity index (χ0v) is 19.4. The van der Waals surface area contributed by atoms with Crippen LogP contribution in [0.4, 0.5) is 16.2 Å². The Balaban J connectivity index is 1.34. The van der Waals surface area contributed by atoms with E-state index in [0.29, 0.717) is 22.8 Å². The van der Waals surface area contributed by atoms with Crippen LogP contribution >= 0.6 is 23.5 Å². The van der Waals surface area contributed by atoms with Crippen molar-refractivity contribution in [3.63, 3.8) is 0 Å². The first-order chi connectivity index (χ1) is 15.6. The van der Waals surface area contributed by atoms with Gasteiger partial charge in [-0.2, -0.15) is 0 Å². The van der Waals surface area contributed by atoms with Gasteiger partial charge >= 0.3 is 0 Å². The van der Waals surface area contributed by atoms with Crippen LogP contribution in [-0.2, 0) is 0 Å². The summed E-state index contributed by atoms with van der Waals surface area (Å²) in [6.07, 6.45) is 13.9. The lowest BCUT2D eigenvalue weighted by molar-refractivity contribution is 0.461. The summed E-state index contributed by atoms with van der Waals surface area (Å²) in [5.74, 6) is 1.04. The molecule has 166 valence electrons. The maximum atomic E-state index is 13.2. The van der Waals surface area contributed by atoms with E-state index in [2.05, 4.69) is 25.0 Å². The fraction of sp³-hybridized carbons (Fsp3) is 0.292. The Bertz CT molecular complexity index is 1080. The zero-order chi connectivity index (χ0) is 22.3. The molecular weight excluding hydrogens is 445 g/mol. The van der Waals surface area contributed by atoms with Crippen LogP contribution in [0, 0.1) is 12.7 Å². The summed E-state index contributed by atoms with van der Waals surface area (Å²) in [5.41, 5.74) is 2.82. The van der Waals surface area contributed by atoms with E-state index < -0.39 is 0 Å². The molecule has 1 aliphatic rings. The quantitative estimate of drug-likeness (QED) is 0.363. The van der Waals surface area contributed by atoms with Crippen molar-refractivity contribution in [1.29, 1.82) is 0 Å². The number of aromatic nitrogens is 3. The second kappa shape index (κ2) is 10.8. The average Bonchev–Trinajstić information content (AvgIpc) is 2.79. The molecule has 0 radical (unpaired) electrons. The molecule has 0 amide bonds. The SMILES string of the molecule is Cc1nc(NSc2ccc(F)cc2Cl)ccc1/C=C/c1cnc(NC2CCCCC2)nc1. The standard InChI is InChI=1S/C24H25ClFN5S/c1-16-18(9-12-23(29-16)31-32-22-11-10-19(26)13-21(22)25)8-7-17-14-27-24(28-15-17)30-20-5-3-2-4-6-20/h7-15,20H,2-6H2,1H3,(H,29,31)(H,27,28,30)/b8-7+. The molecule has 1 fully saturated rings. The van der Waals surface area contributed by atoms with Gasteiger partial charge < -0.3 is 10.0 Å². The lowest BCUT2D eigenvalue weighted by Crippen LogP contribution is -2.23. The molecule has 0 saturated heterocycles. The number of nitrogens with one attached hydrogen (secondary N) is 2. The van der Waals surface area contributed by atoms with Crippen molar-refractivity contribution in [2.24, 2.45) is 0 Å². The summed E-state index contributed by atoms with van der Waals surface area (Å²) >= 11 is 7.36. The normalized spacial score (nSPS) is 14.6. The molecular formula is C24H25ClFN5S. The summed E-state index contributed by atoms with van der Waals surface area (Å²) in [6, 6.07) is 8.68. The lowest BCUT2D eigenvalue weighted by Gasteiger charge is -2.22.